The number of hydrogen-bond acceptors (Lipinski definition) is 3. The lowest BCUT2D eigenvalue weighted by atomic mass is 10.0. The van der Waals surface area contributed by atoms with Crippen LogP contribution in [0, 0.1) is 0 Å². The van der Waals surface area contributed by atoms with Crippen molar-refractivity contribution in [3.63, 3.8) is 0 Å². The molecule has 2 N–H and O–H groups in total. The third-order valence-corrected chi connectivity index (χ3v) is 4.23. The van der Waals surface area contributed by atoms with E-state index >= 15 is 0 Å². The Kier molecular flexibility index (Phi) is 2.81. The van der Waals surface area contributed by atoms with Gasteiger partial charge in [0.15, 0.2) is 0 Å². The molecule has 1 unspecified atom stereocenters. The number of hydrogen-bond donors (Lipinski definition) is 1. The second kappa shape index (κ2) is 4.31. The Morgan fingerprint density at radius 3 is 2.71 bits per heavy atom. The number of nitrogen functional groups attached to an aromatic ring is 1. The van der Waals surface area contributed by atoms with Gasteiger partial charge in [-0.25, -0.2) is 0 Å². The van der Waals surface area contributed by atoms with E-state index in [0.29, 0.717) is 6.04 Å². The van der Waals surface area contributed by atoms with Crippen LogP contribution in [0.5, 0.6) is 0 Å². The number of fused-ring (bicyclic) bond motifs is 1. The number of benzene rings is 1. The molecule has 3 rings (SSSR count). The lowest BCUT2D eigenvalue weighted by Crippen LogP contribution is -2.45. The summed E-state index contributed by atoms with van der Waals surface area (Å²) in [5.41, 5.74) is 10.0. The predicted molar refractivity (Wildman–Crippen MR) is 71.0 cm³/mol. The minimum Gasteiger partial charge on any atom is -0.398 e. The van der Waals surface area contributed by atoms with Gasteiger partial charge in [0.1, 0.15) is 0 Å². The van der Waals surface area contributed by atoms with Crippen LogP contribution in [0.2, 0.25) is 0 Å². The molecule has 1 saturated heterocycles. The van der Waals surface area contributed by atoms with Crippen molar-refractivity contribution in [3.8, 4) is 0 Å². The highest BCUT2D eigenvalue weighted by Gasteiger charge is 2.30. The van der Waals surface area contributed by atoms with Gasteiger partial charge >= 0.3 is 0 Å². The summed E-state index contributed by atoms with van der Waals surface area (Å²) in [7, 11) is 2.20. The van der Waals surface area contributed by atoms with Crippen molar-refractivity contribution in [3.05, 3.63) is 29.3 Å². The Hall–Kier alpha value is -1.06. The Labute approximate surface area is 103 Å². The zero-order valence-electron chi connectivity index (χ0n) is 10.5. The van der Waals surface area contributed by atoms with Gasteiger partial charge in [-0.15, -0.1) is 0 Å². The van der Waals surface area contributed by atoms with Crippen molar-refractivity contribution in [1.29, 1.82) is 0 Å². The number of anilines is 1. The average molecular weight is 231 g/mol. The molecule has 3 nitrogen and oxygen atoms in total. The normalized spacial score (nSPS) is 26.1. The molecule has 0 spiro atoms. The molecule has 1 fully saturated rings. The first kappa shape index (κ1) is 11.1. The standard InChI is InChI=1S/C14H21N3/c1-16-7-9-17(10-8-16)13-6-5-11-3-2-4-12(15)14(11)13/h2-4,13H,5-10,15H2,1H3. The van der Waals surface area contributed by atoms with Gasteiger partial charge in [-0.2, -0.15) is 0 Å². The third kappa shape index (κ3) is 1.94. The molecule has 92 valence electrons. The van der Waals surface area contributed by atoms with Crippen LogP contribution in [-0.4, -0.2) is 43.0 Å². The molecule has 0 radical (unpaired) electrons. The summed E-state index contributed by atoms with van der Waals surface area (Å²) in [4.78, 5) is 5.02. The maximum Gasteiger partial charge on any atom is 0.0375 e. The van der Waals surface area contributed by atoms with Gasteiger partial charge in [0, 0.05) is 37.9 Å². The summed E-state index contributed by atoms with van der Waals surface area (Å²) < 4.78 is 0. The summed E-state index contributed by atoms with van der Waals surface area (Å²) in [6.07, 6.45) is 2.44. The highest BCUT2D eigenvalue weighted by atomic mass is 15.3. The topological polar surface area (TPSA) is 32.5 Å². The molecule has 3 heteroatoms. The van der Waals surface area contributed by atoms with Crippen molar-refractivity contribution < 1.29 is 0 Å². The molecule has 1 aliphatic carbocycles. The van der Waals surface area contributed by atoms with E-state index in [1.54, 1.807) is 0 Å². The zero-order chi connectivity index (χ0) is 11.8. The van der Waals surface area contributed by atoms with E-state index < -0.39 is 0 Å². The van der Waals surface area contributed by atoms with Gasteiger partial charge in [-0.1, -0.05) is 12.1 Å². The van der Waals surface area contributed by atoms with Gasteiger partial charge in [0.25, 0.3) is 0 Å². The van der Waals surface area contributed by atoms with Crippen molar-refractivity contribution in [2.24, 2.45) is 0 Å². The predicted octanol–water partition coefficient (Wildman–Crippen LogP) is 1.50. The minimum absolute atomic E-state index is 0.569. The van der Waals surface area contributed by atoms with Gasteiger partial charge < -0.3 is 10.6 Å². The van der Waals surface area contributed by atoms with Crippen LogP contribution in [-0.2, 0) is 6.42 Å². The zero-order valence-corrected chi connectivity index (χ0v) is 10.5. The number of nitrogens with two attached hydrogens (primary N) is 1. The van der Waals surface area contributed by atoms with Crippen molar-refractivity contribution in [1.82, 2.24) is 9.80 Å². The fraction of sp³-hybridized carbons (Fsp3) is 0.571. The highest BCUT2D eigenvalue weighted by Crippen LogP contribution is 2.39. The molecule has 0 bridgehead atoms. The van der Waals surface area contributed by atoms with E-state index in [4.69, 9.17) is 5.73 Å². The second-order valence-electron chi connectivity index (χ2n) is 5.31. The van der Waals surface area contributed by atoms with Crippen molar-refractivity contribution in [2.75, 3.05) is 39.0 Å². The Balaban J connectivity index is 1.83. The largest absolute Gasteiger partial charge is 0.398 e. The Morgan fingerprint density at radius 1 is 1.18 bits per heavy atom. The summed E-state index contributed by atoms with van der Waals surface area (Å²) in [5.74, 6) is 0. The molecular formula is C14H21N3. The van der Waals surface area contributed by atoms with Gasteiger partial charge in [0.2, 0.25) is 0 Å². The number of likely N-dealkylation sites (N-methyl/N-ethyl adjacent to an activating group) is 1. The van der Waals surface area contributed by atoms with E-state index in [2.05, 4.69) is 29.0 Å². The number of nitrogens with zero attached hydrogens (tertiary/aromatic N) is 2. The quantitative estimate of drug-likeness (QED) is 0.744. The summed E-state index contributed by atoms with van der Waals surface area (Å²) in [5, 5.41) is 0. The van der Waals surface area contributed by atoms with Crippen molar-refractivity contribution >= 4 is 5.69 Å². The highest BCUT2D eigenvalue weighted by molar-refractivity contribution is 5.54. The van der Waals surface area contributed by atoms with E-state index in [-0.39, 0.29) is 0 Å². The minimum atomic E-state index is 0.569. The first-order valence-electron chi connectivity index (χ1n) is 6.55. The second-order valence-corrected chi connectivity index (χ2v) is 5.31. The van der Waals surface area contributed by atoms with Crippen LogP contribution < -0.4 is 5.73 Å². The van der Waals surface area contributed by atoms with Crippen LogP contribution in [0.15, 0.2) is 18.2 Å². The third-order valence-electron chi connectivity index (χ3n) is 4.23. The molecule has 1 heterocycles. The maximum atomic E-state index is 6.16. The fourth-order valence-electron chi connectivity index (χ4n) is 3.19. The molecule has 1 aromatic carbocycles. The van der Waals surface area contributed by atoms with Gasteiger partial charge in [-0.05, 0) is 37.1 Å². The lowest BCUT2D eigenvalue weighted by molar-refractivity contribution is 0.112. The summed E-state index contributed by atoms with van der Waals surface area (Å²) in [6.45, 7) is 4.71. The van der Waals surface area contributed by atoms with Gasteiger partial charge in [0.05, 0.1) is 0 Å². The summed E-state index contributed by atoms with van der Waals surface area (Å²) in [6, 6.07) is 6.94. The molecule has 1 aliphatic heterocycles. The molecule has 0 aromatic heterocycles. The smallest absolute Gasteiger partial charge is 0.0375 e. The van der Waals surface area contributed by atoms with E-state index in [9.17, 15) is 0 Å². The maximum absolute atomic E-state index is 6.16. The molecule has 0 saturated carbocycles. The number of rotatable bonds is 1. The molecule has 17 heavy (non-hydrogen) atoms. The molecule has 0 amide bonds. The molecular weight excluding hydrogens is 210 g/mol. The van der Waals surface area contributed by atoms with Crippen LogP contribution in [0.1, 0.15) is 23.6 Å². The average Bonchev–Trinajstić information content (AvgIpc) is 2.75. The first-order valence-corrected chi connectivity index (χ1v) is 6.55. The molecule has 1 aromatic rings. The Bertz CT molecular complexity index is 408. The number of piperazine rings is 1. The van der Waals surface area contributed by atoms with Crippen LogP contribution in [0.4, 0.5) is 5.69 Å². The SMILES string of the molecule is CN1CCN(C2CCc3cccc(N)c32)CC1. The van der Waals surface area contributed by atoms with Crippen LogP contribution in [0.3, 0.4) is 0 Å². The monoisotopic (exact) mass is 231 g/mol. The lowest BCUT2D eigenvalue weighted by Gasteiger charge is -2.37. The van der Waals surface area contributed by atoms with Crippen LogP contribution >= 0.6 is 0 Å². The van der Waals surface area contributed by atoms with E-state index in [1.165, 1.54) is 50.1 Å². The molecule has 1 atom stereocenters. The number of aryl methyl sites for hydroxylation is 1. The van der Waals surface area contributed by atoms with E-state index in [0.717, 1.165) is 5.69 Å². The van der Waals surface area contributed by atoms with Crippen molar-refractivity contribution in [2.45, 2.75) is 18.9 Å². The van der Waals surface area contributed by atoms with E-state index in [1.807, 2.05) is 6.07 Å². The summed E-state index contributed by atoms with van der Waals surface area (Å²) >= 11 is 0. The van der Waals surface area contributed by atoms with Crippen LogP contribution in [0.25, 0.3) is 0 Å². The molecule has 2 aliphatic rings. The Morgan fingerprint density at radius 2 is 1.94 bits per heavy atom. The van der Waals surface area contributed by atoms with Gasteiger partial charge in [-0.3, -0.25) is 4.90 Å². The fourth-order valence-corrected chi connectivity index (χ4v) is 3.19. The first-order chi connectivity index (χ1) is 8.25.